The minimum Gasteiger partial charge on any atom is -0.518 e. The molecule has 0 amide bonds. The monoisotopic (exact) mass is 482 g/mol. The van der Waals surface area contributed by atoms with Crippen LogP contribution in [0.1, 0.15) is 94.4 Å². The fourth-order valence-electron chi connectivity index (χ4n) is 4.97. The molecule has 1 aliphatic rings. The minimum atomic E-state index is -2.15. The second-order valence-corrected chi connectivity index (χ2v) is 22.3. The second-order valence-electron chi connectivity index (χ2n) is 12.1. The van der Waals surface area contributed by atoms with Crippen molar-refractivity contribution in [2.75, 3.05) is 0 Å². The predicted octanol–water partition coefficient (Wildman–Crippen LogP) is 7.80. The summed E-state index contributed by atoms with van der Waals surface area (Å²) < 4.78 is 12.8. The zero-order chi connectivity index (χ0) is 24.9. The largest absolute Gasteiger partial charge is 0.518 e. The van der Waals surface area contributed by atoms with Gasteiger partial charge in [-0.3, -0.25) is 9.59 Å². The van der Waals surface area contributed by atoms with Crippen molar-refractivity contribution in [3.63, 3.8) is 0 Å². The van der Waals surface area contributed by atoms with Gasteiger partial charge >= 0.3 is 0 Å². The van der Waals surface area contributed by atoms with Crippen molar-refractivity contribution in [3.8, 4) is 0 Å². The Balaban J connectivity index is 2.62. The van der Waals surface area contributed by atoms with E-state index in [0.29, 0.717) is 41.7 Å². The molecule has 6 heteroatoms. The van der Waals surface area contributed by atoms with Gasteiger partial charge in [0.05, 0.1) is 6.10 Å². The highest BCUT2D eigenvalue weighted by Gasteiger charge is 2.48. The van der Waals surface area contributed by atoms with Crippen molar-refractivity contribution in [2.24, 2.45) is 5.92 Å². The third kappa shape index (κ3) is 7.39. The van der Waals surface area contributed by atoms with Crippen LogP contribution >= 0.6 is 0 Å². The average molecular weight is 483 g/mol. The lowest BCUT2D eigenvalue weighted by Crippen LogP contribution is -2.49. The van der Waals surface area contributed by atoms with Crippen LogP contribution in [0.25, 0.3) is 0 Å². The molecule has 0 bridgehead atoms. The van der Waals surface area contributed by atoms with E-state index in [2.05, 4.69) is 87.6 Å². The number of rotatable bonds is 11. The van der Waals surface area contributed by atoms with Crippen LogP contribution in [0.15, 0.2) is 12.2 Å². The van der Waals surface area contributed by atoms with Gasteiger partial charge in [-0.05, 0) is 47.6 Å². The molecule has 0 aromatic carbocycles. The molecule has 1 fully saturated rings. The van der Waals surface area contributed by atoms with Gasteiger partial charge in [0.25, 0.3) is 14.3 Å². The fraction of sp³-hybridized carbons (Fsp3) is 0.846. The first-order chi connectivity index (χ1) is 14.5. The smallest absolute Gasteiger partial charge is 0.292 e. The van der Waals surface area contributed by atoms with Crippen molar-refractivity contribution >= 4 is 28.4 Å². The van der Waals surface area contributed by atoms with Crippen LogP contribution in [0.3, 0.4) is 0 Å². The van der Waals surface area contributed by atoms with E-state index in [1.807, 2.05) is 0 Å². The zero-order valence-corrected chi connectivity index (χ0v) is 24.7. The molecule has 0 radical (unpaired) electrons. The normalized spacial score (nSPS) is 20.9. The quantitative estimate of drug-likeness (QED) is 0.171. The van der Waals surface area contributed by atoms with E-state index in [-0.39, 0.29) is 23.0 Å². The maximum absolute atomic E-state index is 12.7. The van der Waals surface area contributed by atoms with E-state index in [9.17, 15) is 9.59 Å². The van der Waals surface area contributed by atoms with Crippen molar-refractivity contribution in [1.29, 1.82) is 0 Å². The van der Waals surface area contributed by atoms with Crippen molar-refractivity contribution in [1.82, 2.24) is 0 Å². The Bertz CT molecular complexity index is 637. The highest BCUT2D eigenvalue weighted by molar-refractivity contribution is 6.78. The maximum atomic E-state index is 12.7. The molecule has 0 saturated heterocycles. The standard InChI is InChI=1S/C26H50O4Si2/c1-19(2)32(20(3)4,21(5)6)30-25(28)16-14-12-13-15-22-17-23(27)18-24(22)29-31(10,11)26(7,8)9/h13,15,19-22,24H,12,14,16-18H2,1-11H3/b15-13+/t22-,24-/m1/s1. The van der Waals surface area contributed by atoms with Crippen LogP contribution in [0, 0.1) is 5.92 Å². The number of unbranched alkanes of at least 4 members (excludes halogenated alkanes) is 1. The topological polar surface area (TPSA) is 52.6 Å². The van der Waals surface area contributed by atoms with Crippen LogP contribution in [-0.2, 0) is 18.4 Å². The third-order valence-electron chi connectivity index (χ3n) is 7.75. The molecule has 2 atom stereocenters. The van der Waals surface area contributed by atoms with Gasteiger partial charge in [-0.25, -0.2) is 0 Å². The number of hydrogen-bond donors (Lipinski definition) is 0. The summed E-state index contributed by atoms with van der Waals surface area (Å²) in [5, 5.41) is 0.133. The number of hydrogen-bond acceptors (Lipinski definition) is 4. The molecular formula is C26H50O4Si2. The summed E-state index contributed by atoms with van der Waals surface area (Å²) in [6.45, 7) is 24.4. The van der Waals surface area contributed by atoms with Crippen molar-refractivity contribution in [3.05, 3.63) is 12.2 Å². The Hall–Kier alpha value is -0.726. The Labute approximate surface area is 200 Å². The molecule has 0 unspecified atom stereocenters. The van der Waals surface area contributed by atoms with Crippen molar-refractivity contribution < 1.29 is 18.4 Å². The summed E-state index contributed by atoms with van der Waals surface area (Å²) in [7, 11) is -4.06. The molecule has 0 aliphatic heterocycles. The van der Waals surface area contributed by atoms with E-state index >= 15 is 0 Å². The molecule has 0 spiro atoms. The molecule has 32 heavy (non-hydrogen) atoms. The number of carbonyl (C=O) groups is 2. The second kappa shape index (κ2) is 11.6. The summed E-state index contributed by atoms with van der Waals surface area (Å²) in [6.07, 6.45) is 7.45. The Morgan fingerprint density at radius 2 is 1.56 bits per heavy atom. The highest BCUT2D eigenvalue weighted by atomic mass is 28.4. The number of carbonyl (C=O) groups excluding carboxylic acids is 2. The molecule has 1 rings (SSSR count). The van der Waals surface area contributed by atoms with Crippen LogP contribution in [0.5, 0.6) is 0 Å². The van der Waals surface area contributed by atoms with Crippen LogP contribution < -0.4 is 0 Å². The van der Waals surface area contributed by atoms with Crippen LogP contribution in [0.4, 0.5) is 0 Å². The summed E-state index contributed by atoms with van der Waals surface area (Å²) >= 11 is 0. The van der Waals surface area contributed by atoms with Crippen molar-refractivity contribution in [2.45, 2.75) is 135 Å². The molecule has 0 aromatic heterocycles. The van der Waals surface area contributed by atoms with Gasteiger partial charge in [-0.15, -0.1) is 0 Å². The first-order valence-corrected chi connectivity index (χ1v) is 17.7. The van der Waals surface area contributed by atoms with Gasteiger partial charge in [-0.1, -0.05) is 74.5 Å². The van der Waals surface area contributed by atoms with Gasteiger partial charge in [0.1, 0.15) is 5.78 Å². The minimum absolute atomic E-state index is 0.000603. The van der Waals surface area contributed by atoms with E-state index in [0.717, 1.165) is 12.8 Å². The van der Waals surface area contributed by atoms with Gasteiger partial charge in [0, 0.05) is 25.2 Å². The molecule has 186 valence electrons. The molecular weight excluding hydrogens is 432 g/mol. The van der Waals surface area contributed by atoms with Crippen LogP contribution in [0.2, 0.25) is 34.8 Å². The number of allylic oxidation sites excluding steroid dienone is 1. The fourth-order valence-corrected chi connectivity index (χ4v) is 11.5. The first kappa shape index (κ1) is 29.3. The summed E-state index contributed by atoms with van der Waals surface area (Å²) in [4.78, 5) is 24.8. The Morgan fingerprint density at radius 3 is 2.03 bits per heavy atom. The van der Waals surface area contributed by atoms with Gasteiger partial charge in [0.15, 0.2) is 8.32 Å². The van der Waals surface area contributed by atoms with Gasteiger partial charge in [0.2, 0.25) is 0 Å². The van der Waals surface area contributed by atoms with E-state index in [1.165, 1.54) is 0 Å². The summed E-state index contributed by atoms with van der Waals surface area (Å²) in [5.41, 5.74) is 1.22. The zero-order valence-electron chi connectivity index (χ0n) is 22.7. The molecule has 0 aromatic rings. The lowest BCUT2D eigenvalue weighted by molar-refractivity contribution is -0.135. The average Bonchev–Trinajstić information content (AvgIpc) is 2.95. The molecule has 0 heterocycles. The summed E-state index contributed by atoms with van der Waals surface area (Å²) in [6, 6.07) is 0. The molecule has 4 nitrogen and oxygen atoms in total. The van der Waals surface area contributed by atoms with Gasteiger partial charge in [-0.2, -0.15) is 0 Å². The van der Waals surface area contributed by atoms with E-state index in [4.69, 9.17) is 8.85 Å². The highest BCUT2D eigenvalue weighted by Crippen LogP contribution is 2.43. The molecule has 1 saturated carbocycles. The van der Waals surface area contributed by atoms with Crippen LogP contribution in [-0.4, -0.2) is 34.5 Å². The lowest BCUT2D eigenvalue weighted by atomic mass is 10.0. The SMILES string of the molecule is CC(C)[Si](OC(=O)CCC/C=C/[C@@H]1CC(=O)C[C@H]1O[Si](C)(C)C(C)(C)C)(C(C)C)C(C)C. The Morgan fingerprint density at radius 1 is 1.03 bits per heavy atom. The Kier molecular flexibility index (Phi) is 10.6. The lowest BCUT2D eigenvalue weighted by Gasteiger charge is -2.41. The molecule has 1 aliphatic carbocycles. The summed E-state index contributed by atoms with van der Waals surface area (Å²) in [5.74, 6) is 0.409. The third-order valence-corrected chi connectivity index (χ3v) is 18.3. The molecule has 0 N–H and O–H groups in total. The predicted molar refractivity (Wildman–Crippen MR) is 140 cm³/mol. The maximum Gasteiger partial charge on any atom is 0.292 e. The number of ketones is 1. The van der Waals surface area contributed by atoms with E-state index < -0.39 is 16.6 Å². The van der Waals surface area contributed by atoms with E-state index in [1.54, 1.807) is 0 Å². The van der Waals surface area contributed by atoms with Gasteiger partial charge < -0.3 is 8.85 Å². The number of Topliss-reactive ketones (excluding diaryl/α,β-unsaturated/α-hetero) is 1. The first-order valence-electron chi connectivity index (χ1n) is 12.6.